The summed E-state index contributed by atoms with van der Waals surface area (Å²) < 4.78 is 22.1. The van der Waals surface area contributed by atoms with Crippen LogP contribution in [0.1, 0.15) is 20.8 Å². The van der Waals surface area contributed by atoms with Gasteiger partial charge in [0, 0.05) is 0 Å². The van der Waals surface area contributed by atoms with Gasteiger partial charge in [-0.15, -0.1) is 0 Å². The molecule has 3 aliphatic rings. The summed E-state index contributed by atoms with van der Waals surface area (Å²) in [5.74, 6) is -1.09. The fourth-order valence-corrected chi connectivity index (χ4v) is 2.42. The molecular formula is C10H14O5. The minimum Gasteiger partial charge on any atom is -0.456 e. The van der Waals surface area contributed by atoms with Crippen molar-refractivity contribution in [2.75, 3.05) is 0 Å². The summed E-state index contributed by atoms with van der Waals surface area (Å²) >= 11 is 0. The Kier molecular flexibility index (Phi) is 1.74. The summed E-state index contributed by atoms with van der Waals surface area (Å²) in [6.45, 7) is 5.45. The van der Waals surface area contributed by atoms with E-state index in [1.807, 2.05) is 13.8 Å². The third-order valence-corrected chi connectivity index (χ3v) is 3.14. The molecule has 3 aliphatic heterocycles. The first-order valence-electron chi connectivity index (χ1n) is 5.19. The molecule has 0 spiro atoms. The molecule has 0 radical (unpaired) electrons. The Bertz CT molecular complexity index is 313. The summed E-state index contributed by atoms with van der Waals surface area (Å²) in [5, 5.41) is 0. The maximum atomic E-state index is 11.3. The molecular weight excluding hydrogens is 200 g/mol. The van der Waals surface area contributed by atoms with E-state index in [0.717, 1.165) is 0 Å². The summed E-state index contributed by atoms with van der Waals surface area (Å²) in [6.07, 6.45) is -1.20. The van der Waals surface area contributed by atoms with Crippen molar-refractivity contribution in [3.8, 4) is 0 Å². The number of carbonyl (C=O) groups excluding carboxylic acids is 1. The lowest BCUT2D eigenvalue weighted by atomic mass is 10.0. The number of ether oxygens (including phenoxy) is 4. The quantitative estimate of drug-likeness (QED) is 0.547. The molecule has 3 rings (SSSR count). The van der Waals surface area contributed by atoms with Crippen molar-refractivity contribution < 1.29 is 23.7 Å². The lowest BCUT2D eigenvalue weighted by Crippen LogP contribution is -2.33. The Labute approximate surface area is 87.6 Å². The van der Waals surface area contributed by atoms with E-state index in [2.05, 4.69) is 0 Å². The first-order valence-corrected chi connectivity index (χ1v) is 5.19. The van der Waals surface area contributed by atoms with E-state index in [4.69, 9.17) is 18.9 Å². The lowest BCUT2D eigenvalue weighted by molar-refractivity contribution is -0.211. The van der Waals surface area contributed by atoms with Crippen molar-refractivity contribution in [1.82, 2.24) is 0 Å². The zero-order valence-corrected chi connectivity index (χ0v) is 8.93. The zero-order chi connectivity index (χ0) is 10.8. The summed E-state index contributed by atoms with van der Waals surface area (Å²) in [6, 6.07) is 0. The Hall–Kier alpha value is -0.650. The van der Waals surface area contributed by atoms with E-state index in [0.29, 0.717) is 0 Å². The predicted molar refractivity (Wildman–Crippen MR) is 47.7 cm³/mol. The van der Waals surface area contributed by atoms with Crippen LogP contribution in [0.15, 0.2) is 0 Å². The molecule has 0 aromatic heterocycles. The predicted octanol–water partition coefficient (Wildman–Crippen LogP) is 0.424. The molecule has 5 unspecified atom stereocenters. The lowest BCUT2D eigenvalue weighted by Gasteiger charge is -2.21. The van der Waals surface area contributed by atoms with E-state index in [1.165, 1.54) is 0 Å². The summed E-state index contributed by atoms with van der Waals surface area (Å²) in [4.78, 5) is 11.3. The largest absolute Gasteiger partial charge is 0.456 e. The van der Waals surface area contributed by atoms with Crippen LogP contribution in [-0.4, -0.2) is 36.4 Å². The monoisotopic (exact) mass is 214 g/mol. The Morgan fingerprint density at radius 1 is 1.13 bits per heavy atom. The molecule has 5 heteroatoms. The van der Waals surface area contributed by atoms with Gasteiger partial charge in [-0.05, 0) is 20.8 Å². The molecule has 3 fully saturated rings. The fraction of sp³-hybridized carbons (Fsp3) is 0.900. The number of hydrogen-bond acceptors (Lipinski definition) is 5. The molecule has 0 amide bonds. The number of hydrogen-bond donors (Lipinski definition) is 0. The van der Waals surface area contributed by atoms with Crippen LogP contribution in [-0.2, 0) is 23.7 Å². The van der Waals surface area contributed by atoms with Crippen molar-refractivity contribution >= 4 is 5.97 Å². The third-order valence-electron chi connectivity index (χ3n) is 3.14. The molecule has 5 nitrogen and oxygen atoms in total. The van der Waals surface area contributed by atoms with E-state index in [9.17, 15) is 4.79 Å². The molecule has 15 heavy (non-hydrogen) atoms. The van der Waals surface area contributed by atoms with E-state index in [1.54, 1.807) is 6.92 Å². The van der Waals surface area contributed by atoms with Crippen LogP contribution in [0.3, 0.4) is 0 Å². The number of rotatable bonds is 0. The van der Waals surface area contributed by atoms with Crippen molar-refractivity contribution in [3.63, 3.8) is 0 Å². The molecule has 0 aliphatic carbocycles. The van der Waals surface area contributed by atoms with Crippen LogP contribution in [0, 0.1) is 5.92 Å². The van der Waals surface area contributed by atoms with E-state index < -0.39 is 12.1 Å². The molecule has 3 saturated heterocycles. The topological polar surface area (TPSA) is 54.0 Å². The Balaban J connectivity index is 1.83. The van der Waals surface area contributed by atoms with E-state index in [-0.39, 0.29) is 30.2 Å². The second kappa shape index (κ2) is 2.72. The minimum atomic E-state index is -0.654. The Morgan fingerprint density at radius 2 is 1.87 bits per heavy atom. The van der Waals surface area contributed by atoms with Crippen LogP contribution in [0.2, 0.25) is 0 Å². The van der Waals surface area contributed by atoms with Gasteiger partial charge in [-0.3, -0.25) is 4.79 Å². The van der Waals surface area contributed by atoms with Crippen molar-refractivity contribution in [2.24, 2.45) is 5.92 Å². The standard InChI is InChI=1S/C10H14O5/c1-4-5-6(12-8(4)11)7-9(13-5)15-10(2,3)14-7/h4-7,9H,1-3H3. The van der Waals surface area contributed by atoms with Crippen LogP contribution in [0.4, 0.5) is 0 Å². The maximum Gasteiger partial charge on any atom is 0.311 e. The number of carbonyl (C=O) groups is 1. The smallest absolute Gasteiger partial charge is 0.311 e. The van der Waals surface area contributed by atoms with Gasteiger partial charge in [-0.2, -0.15) is 0 Å². The Morgan fingerprint density at radius 3 is 2.60 bits per heavy atom. The first kappa shape index (κ1) is 9.57. The highest BCUT2D eigenvalue weighted by molar-refractivity contribution is 5.75. The number of esters is 1. The third kappa shape index (κ3) is 1.23. The van der Waals surface area contributed by atoms with Crippen molar-refractivity contribution in [3.05, 3.63) is 0 Å². The van der Waals surface area contributed by atoms with Gasteiger partial charge in [0.15, 0.2) is 24.3 Å². The highest BCUT2D eigenvalue weighted by Crippen LogP contribution is 2.43. The second-order valence-electron chi connectivity index (χ2n) is 4.76. The molecule has 0 aromatic carbocycles. The maximum absolute atomic E-state index is 11.3. The highest BCUT2D eigenvalue weighted by atomic mass is 16.8. The summed E-state index contributed by atoms with van der Waals surface area (Å²) in [5.41, 5.74) is 0. The first-order chi connectivity index (χ1) is 6.98. The molecule has 0 saturated carbocycles. The van der Waals surface area contributed by atoms with Gasteiger partial charge < -0.3 is 18.9 Å². The zero-order valence-electron chi connectivity index (χ0n) is 8.93. The van der Waals surface area contributed by atoms with Crippen LogP contribution in [0.5, 0.6) is 0 Å². The number of fused-ring (bicyclic) bond motifs is 3. The van der Waals surface area contributed by atoms with Gasteiger partial charge in [0.05, 0.1) is 5.92 Å². The van der Waals surface area contributed by atoms with Gasteiger partial charge in [0.2, 0.25) is 0 Å². The average Bonchev–Trinajstić information content (AvgIpc) is 2.66. The minimum absolute atomic E-state index is 0.211. The van der Waals surface area contributed by atoms with Crippen LogP contribution < -0.4 is 0 Å². The van der Waals surface area contributed by atoms with Gasteiger partial charge in [0.1, 0.15) is 6.10 Å². The average molecular weight is 214 g/mol. The molecule has 0 aromatic rings. The molecule has 5 atom stereocenters. The molecule has 0 N–H and O–H groups in total. The molecule has 84 valence electrons. The van der Waals surface area contributed by atoms with Gasteiger partial charge in [-0.1, -0.05) is 0 Å². The fourth-order valence-electron chi connectivity index (χ4n) is 2.42. The van der Waals surface area contributed by atoms with E-state index >= 15 is 0 Å². The van der Waals surface area contributed by atoms with Crippen molar-refractivity contribution in [2.45, 2.75) is 51.2 Å². The highest BCUT2D eigenvalue weighted by Gasteiger charge is 2.61. The molecule has 3 heterocycles. The summed E-state index contributed by atoms with van der Waals surface area (Å²) in [7, 11) is 0. The normalized spacial score (nSPS) is 51.4. The van der Waals surface area contributed by atoms with Gasteiger partial charge in [-0.25, -0.2) is 0 Å². The second-order valence-corrected chi connectivity index (χ2v) is 4.76. The van der Waals surface area contributed by atoms with Crippen LogP contribution in [0.25, 0.3) is 0 Å². The van der Waals surface area contributed by atoms with Gasteiger partial charge in [0.25, 0.3) is 0 Å². The van der Waals surface area contributed by atoms with Gasteiger partial charge >= 0.3 is 5.97 Å². The van der Waals surface area contributed by atoms with Crippen molar-refractivity contribution in [1.29, 1.82) is 0 Å². The van der Waals surface area contributed by atoms with Crippen LogP contribution >= 0.6 is 0 Å². The SMILES string of the molecule is CC1C(=O)OC2C3OC(C)(C)OC3OC12. The molecule has 0 bridgehead atoms.